The Morgan fingerprint density at radius 2 is 1.73 bits per heavy atom. The van der Waals surface area contributed by atoms with Gasteiger partial charge in [0.25, 0.3) is 0 Å². The fourth-order valence-electron chi connectivity index (χ4n) is 3.70. The van der Waals surface area contributed by atoms with Crippen molar-refractivity contribution in [2.75, 3.05) is 30.5 Å². The summed E-state index contributed by atoms with van der Waals surface area (Å²) in [6.07, 6.45) is 0.294. The van der Waals surface area contributed by atoms with E-state index in [1.165, 1.54) is 0 Å². The second-order valence-corrected chi connectivity index (χ2v) is 8.78. The molecule has 0 fully saturated rings. The first-order valence-corrected chi connectivity index (χ1v) is 11.7. The minimum atomic E-state index is -0.254. The largest absolute Gasteiger partial charge is 0.497 e. The minimum absolute atomic E-state index is 0.0521. The molecule has 0 spiro atoms. The number of anilines is 2. The molecule has 6 nitrogen and oxygen atoms in total. The van der Waals surface area contributed by atoms with Crippen molar-refractivity contribution < 1.29 is 19.1 Å². The number of methoxy groups -OCH3 is 1. The maximum atomic E-state index is 13.3. The Morgan fingerprint density at radius 3 is 2.42 bits per heavy atom. The molecule has 0 bridgehead atoms. The number of fused-ring (bicyclic) bond motifs is 1. The molecule has 4 rings (SSSR count). The lowest BCUT2D eigenvalue weighted by Gasteiger charge is -2.22. The van der Waals surface area contributed by atoms with Crippen molar-refractivity contribution >= 4 is 35.0 Å². The van der Waals surface area contributed by atoms with E-state index in [-0.39, 0.29) is 23.6 Å². The average molecular weight is 463 g/mol. The Bertz CT molecular complexity index is 1120. The van der Waals surface area contributed by atoms with Crippen molar-refractivity contribution in [3.8, 4) is 11.5 Å². The van der Waals surface area contributed by atoms with Crippen LogP contribution >= 0.6 is 11.8 Å². The van der Waals surface area contributed by atoms with Gasteiger partial charge in [-0.3, -0.25) is 9.59 Å². The number of rotatable bonds is 7. The van der Waals surface area contributed by atoms with Gasteiger partial charge < -0.3 is 19.7 Å². The molecule has 3 aromatic carbocycles. The van der Waals surface area contributed by atoms with Crippen molar-refractivity contribution in [2.24, 2.45) is 0 Å². The van der Waals surface area contributed by atoms with Crippen molar-refractivity contribution in [1.29, 1.82) is 0 Å². The molecule has 33 heavy (non-hydrogen) atoms. The number of carbonyl (C=O) groups is 2. The summed E-state index contributed by atoms with van der Waals surface area (Å²) in [5, 5.41) is 2.82. The van der Waals surface area contributed by atoms with Crippen molar-refractivity contribution in [1.82, 2.24) is 0 Å². The number of para-hydroxylation sites is 1. The summed E-state index contributed by atoms with van der Waals surface area (Å²) in [6, 6.07) is 22.7. The van der Waals surface area contributed by atoms with Gasteiger partial charge in [-0.05, 0) is 61.0 Å². The van der Waals surface area contributed by atoms with E-state index in [9.17, 15) is 9.59 Å². The number of ether oxygens (including phenoxy) is 2. The third-order valence-electron chi connectivity index (χ3n) is 5.32. The zero-order valence-electron chi connectivity index (χ0n) is 18.6. The first-order valence-electron chi connectivity index (χ1n) is 10.8. The van der Waals surface area contributed by atoms with Gasteiger partial charge >= 0.3 is 0 Å². The Hall–Kier alpha value is -3.45. The molecule has 0 radical (unpaired) electrons. The summed E-state index contributed by atoms with van der Waals surface area (Å²) in [6.45, 7) is 2.44. The number of thioether (sulfide) groups is 1. The number of nitrogens with one attached hydrogen (secondary N) is 1. The van der Waals surface area contributed by atoms with E-state index in [1.54, 1.807) is 35.9 Å². The molecular formula is C26H26N2O4S. The highest BCUT2D eigenvalue weighted by Gasteiger charge is 2.30. The number of hydrogen-bond acceptors (Lipinski definition) is 5. The summed E-state index contributed by atoms with van der Waals surface area (Å²) in [7, 11) is 1.63. The fourth-order valence-corrected chi connectivity index (χ4v) is 4.98. The number of amides is 2. The predicted molar refractivity (Wildman–Crippen MR) is 131 cm³/mol. The van der Waals surface area contributed by atoms with E-state index in [0.717, 1.165) is 27.6 Å². The van der Waals surface area contributed by atoms with Crippen LogP contribution in [0.1, 0.15) is 24.2 Å². The zero-order chi connectivity index (χ0) is 23.2. The van der Waals surface area contributed by atoms with Gasteiger partial charge in [-0.25, -0.2) is 0 Å². The Balaban J connectivity index is 1.52. The molecule has 7 heteroatoms. The summed E-state index contributed by atoms with van der Waals surface area (Å²) in [4.78, 5) is 28.7. The van der Waals surface area contributed by atoms with Crippen LogP contribution in [0.5, 0.6) is 11.5 Å². The number of benzene rings is 3. The van der Waals surface area contributed by atoms with Gasteiger partial charge in [0.1, 0.15) is 18.0 Å². The van der Waals surface area contributed by atoms with E-state index < -0.39 is 0 Å². The van der Waals surface area contributed by atoms with E-state index in [2.05, 4.69) is 5.32 Å². The SMILES string of the molecule is CCOc1ccc(NC(=O)CN2C(=O)C[C@H](c3ccc(OC)cc3)Sc3ccccc32)cc1. The third-order valence-corrected chi connectivity index (χ3v) is 6.65. The lowest BCUT2D eigenvalue weighted by Crippen LogP contribution is -2.38. The van der Waals surface area contributed by atoms with Crippen molar-refractivity contribution in [3.05, 3.63) is 78.4 Å². The van der Waals surface area contributed by atoms with E-state index in [1.807, 2.05) is 67.6 Å². The molecule has 1 aliphatic heterocycles. The van der Waals surface area contributed by atoms with Crippen LogP contribution in [-0.4, -0.2) is 32.1 Å². The van der Waals surface area contributed by atoms with Gasteiger partial charge in [0.2, 0.25) is 11.8 Å². The normalized spacial score (nSPS) is 15.4. The number of hydrogen-bond donors (Lipinski definition) is 1. The molecule has 3 aromatic rings. The fraction of sp³-hybridized carbons (Fsp3) is 0.231. The second kappa shape index (κ2) is 10.4. The Labute approximate surface area is 197 Å². The van der Waals surface area contributed by atoms with Gasteiger partial charge in [-0.1, -0.05) is 24.3 Å². The summed E-state index contributed by atoms with van der Waals surface area (Å²) in [5.41, 5.74) is 2.46. The van der Waals surface area contributed by atoms with Gasteiger partial charge in [0.15, 0.2) is 0 Å². The molecule has 0 saturated heterocycles. The topological polar surface area (TPSA) is 67.9 Å². The van der Waals surface area contributed by atoms with Crippen LogP contribution in [0.2, 0.25) is 0 Å². The Kier molecular flexibility index (Phi) is 7.19. The lowest BCUT2D eigenvalue weighted by molar-refractivity contribution is -0.121. The number of carbonyl (C=O) groups excluding carboxylic acids is 2. The van der Waals surface area contributed by atoms with Crippen LogP contribution in [-0.2, 0) is 9.59 Å². The van der Waals surface area contributed by atoms with Crippen LogP contribution in [0.15, 0.2) is 77.7 Å². The molecule has 0 aromatic heterocycles. The van der Waals surface area contributed by atoms with E-state index >= 15 is 0 Å². The molecule has 2 amide bonds. The van der Waals surface area contributed by atoms with Gasteiger partial charge in [-0.2, -0.15) is 0 Å². The molecule has 1 aliphatic rings. The summed E-state index contributed by atoms with van der Waals surface area (Å²) in [5.74, 6) is 1.18. The smallest absolute Gasteiger partial charge is 0.244 e. The first-order chi connectivity index (χ1) is 16.1. The summed E-state index contributed by atoms with van der Waals surface area (Å²) >= 11 is 1.64. The Morgan fingerprint density at radius 1 is 1.03 bits per heavy atom. The molecule has 0 saturated carbocycles. The van der Waals surface area contributed by atoms with E-state index in [0.29, 0.717) is 18.7 Å². The van der Waals surface area contributed by atoms with Crippen LogP contribution in [0.3, 0.4) is 0 Å². The van der Waals surface area contributed by atoms with Gasteiger partial charge in [0.05, 0.1) is 19.4 Å². The quantitative estimate of drug-likeness (QED) is 0.516. The number of nitrogens with zero attached hydrogens (tertiary/aromatic N) is 1. The second-order valence-electron chi connectivity index (χ2n) is 7.54. The molecule has 1 atom stereocenters. The van der Waals surface area contributed by atoms with Crippen LogP contribution in [0, 0.1) is 0 Å². The minimum Gasteiger partial charge on any atom is -0.497 e. The van der Waals surface area contributed by atoms with Crippen LogP contribution in [0.25, 0.3) is 0 Å². The molecule has 170 valence electrons. The van der Waals surface area contributed by atoms with E-state index in [4.69, 9.17) is 9.47 Å². The predicted octanol–water partition coefficient (Wildman–Crippen LogP) is 5.30. The first kappa shape index (κ1) is 22.7. The van der Waals surface area contributed by atoms with Gasteiger partial charge in [0, 0.05) is 22.3 Å². The summed E-state index contributed by atoms with van der Waals surface area (Å²) < 4.78 is 10.7. The maximum absolute atomic E-state index is 13.3. The van der Waals surface area contributed by atoms with Crippen molar-refractivity contribution in [3.63, 3.8) is 0 Å². The molecule has 0 unspecified atom stereocenters. The molecule has 0 aliphatic carbocycles. The highest BCUT2D eigenvalue weighted by Crippen LogP contribution is 2.45. The van der Waals surface area contributed by atoms with Crippen LogP contribution < -0.4 is 19.7 Å². The molecular weight excluding hydrogens is 436 g/mol. The van der Waals surface area contributed by atoms with Gasteiger partial charge in [-0.15, -0.1) is 11.8 Å². The third kappa shape index (κ3) is 5.49. The standard InChI is InChI=1S/C26H26N2O4S/c1-3-32-21-14-10-19(11-15-21)27-25(29)17-28-22-6-4-5-7-23(22)33-24(16-26(28)30)18-8-12-20(31-2)13-9-18/h4-15,24H,3,16-17H2,1-2H3,(H,27,29)/t24-/m1/s1. The highest BCUT2D eigenvalue weighted by molar-refractivity contribution is 7.99. The van der Waals surface area contributed by atoms with Crippen molar-refractivity contribution in [2.45, 2.75) is 23.5 Å². The average Bonchev–Trinajstić information content (AvgIpc) is 2.97. The zero-order valence-corrected chi connectivity index (χ0v) is 19.4. The molecule has 1 heterocycles. The maximum Gasteiger partial charge on any atom is 0.244 e. The monoisotopic (exact) mass is 462 g/mol. The molecule has 1 N–H and O–H groups in total. The lowest BCUT2D eigenvalue weighted by atomic mass is 10.1. The highest BCUT2D eigenvalue weighted by atomic mass is 32.2. The van der Waals surface area contributed by atoms with Crippen LogP contribution in [0.4, 0.5) is 11.4 Å².